The molecular formula is C20H17F3N4O3. The van der Waals surface area contributed by atoms with Crippen molar-refractivity contribution in [2.24, 2.45) is 0 Å². The Morgan fingerprint density at radius 1 is 1.17 bits per heavy atom. The van der Waals surface area contributed by atoms with E-state index in [2.05, 4.69) is 20.0 Å². The van der Waals surface area contributed by atoms with Crippen molar-refractivity contribution in [3.63, 3.8) is 0 Å². The van der Waals surface area contributed by atoms with Gasteiger partial charge in [0.2, 0.25) is 5.91 Å². The molecule has 3 aromatic rings. The zero-order chi connectivity index (χ0) is 21.7. The zero-order valence-corrected chi connectivity index (χ0v) is 15.8. The van der Waals surface area contributed by atoms with Crippen molar-refractivity contribution in [2.75, 3.05) is 0 Å². The van der Waals surface area contributed by atoms with Crippen molar-refractivity contribution in [1.29, 1.82) is 0 Å². The second-order valence-corrected chi connectivity index (χ2v) is 6.39. The third-order valence-corrected chi connectivity index (χ3v) is 4.18. The van der Waals surface area contributed by atoms with E-state index < -0.39 is 23.9 Å². The van der Waals surface area contributed by atoms with Crippen LogP contribution in [-0.2, 0) is 11.3 Å². The highest BCUT2D eigenvalue weighted by atomic mass is 19.4. The van der Waals surface area contributed by atoms with Crippen LogP contribution < -0.4 is 15.6 Å². The van der Waals surface area contributed by atoms with Crippen LogP contribution in [0.25, 0.3) is 11.1 Å². The third-order valence-electron chi connectivity index (χ3n) is 4.18. The topological polar surface area (TPSA) is 86.1 Å². The van der Waals surface area contributed by atoms with Gasteiger partial charge < -0.3 is 10.1 Å². The summed E-state index contributed by atoms with van der Waals surface area (Å²) in [5, 5.41) is 2.70. The van der Waals surface area contributed by atoms with Gasteiger partial charge in [-0.25, -0.2) is 4.98 Å². The molecule has 7 nitrogen and oxygen atoms in total. The molecule has 0 aliphatic heterocycles. The molecule has 3 rings (SSSR count). The minimum absolute atomic E-state index is 0.264. The molecule has 0 saturated heterocycles. The van der Waals surface area contributed by atoms with E-state index in [1.54, 1.807) is 25.3 Å². The summed E-state index contributed by atoms with van der Waals surface area (Å²) in [4.78, 5) is 33.0. The summed E-state index contributed by atoms with van der Waals surface area (Å²) >= 11 is 0. The van der Waals surface area contributed by atoms with Gasteiger partial charge in [0.1, 0.15) is 12.3 Å². The van der Waals surface area contributed by atoms with Gasteiger partial charge in [0, 0.05) is 24.2 Å². The summed E-state index contributed by atoms with van der Waals surface area (Å²) in [5.74, 6) is -0.806. The number of alkyl halides is 3. The second kappa shape index (κ2) is 8.76. The Morgan fingerprint density at radius 3 is 2.53 bits per heavy atom. The number of carbonyl (C=O) groups excluding carboxylic acids is 1. The highest BCUT2D eigenvalue weighted by molar-refractivity contribution is 5.76. The van der Waals surface area contributed by atoms with Crippen LogP contribution in [0.5, 0.6) is 5.75 Å². The first-order chi connectivity index (χ1) is 14.2. The number of benzene rings is 1. The molecule has 0 aliphatic carbocycles. The van der Waals surface area contributed by atoms with E-state index in [0.29, 0.717) is 16.7 Å². The number of amides is 1. The SMILES string of the molecule is C[C@H](NC(=O)Cn1cncc(-c2cccnc2)c1=O)c1ccc(OC(F)(F)F)cc1. The minimum atomic E-state index is -4.77. The van der Waals surface area contributed by atoms with Gasteiger partial charge >= 0.3 is 6.36 Å². The molecule has 0 fully saturated rings. The fourth-order valence-corrected chi connectivity index (χ4v) is 2.77. The lowest BCUT2D eigenvalue weighted by Gasteiger charge is -2.16. The number of aromatic nitrogens is 3. The molecule has 1 atom stereocenters. The smallest absolute Gasteiger partial charge is 0.406 e. The average Bonchev–Trinajstić information content (AvgIpc) is 2.69. The number of rotatable bonds is 6. The first-order valence-electron chi connectivity index (χ1n) is 8.83. The summed E-state index contributed by atoms with van der Waals surface area (Å²) in [6, 6.07) is 8.07. The van der Waals surface area contributed by atoms with Crippen LogP contribution in [0.2, 0.25) is 0 Å². The third kappa shape index (κ3) is 5.43. The van der Waals surface area contributed by atoms with Gasteiger partial charge in [0.05, 0.1) is 17.9 Å². The van der Waals surface area contributed by atoms with Crippen LogP contribution >= 0.6 is 0 Å². The van der Waals surface area contributed by atoms with E-state index in [0.717, 1.165) is 12.1 Å². The molecule has 0 bridgehead atoms. The number of halogens is 3. The normalized spacial score (nSPS) is 12.3. The van der Waals surface area contributed by atoms with Crippen molar-refractivity contribution in [3.05, 3.63) is 77.2 Å². The lowest BCUT2D eigenvalue weighted by molar-refractivity contribution is -0.274. The van der Waals surface area contributed by atoms with Crippen molar-refractivity contribution in [1.82, 2.24) is 19.9 Å². The van der Waals surface area contributed by atoms with Crippen LogP contribution in [0, 0.1) is 0 Å². The molecule has 30 heavy (non-hydrogen) atoms. The maximum Gasteiger partial charge on any atom is 0.573 e. The van der Waals surface area contributed by atoms with Crippen LogP contribution in [0.3, 0.4) is 0 Å². The van der Waals surface area contributed by atoms with E-state index in [1.165, 1.54) is 35.4 Å². The highest BCUT2D eigenvalue weighted by Crippen LogP contribution is 2.24. The summed E-state index contributed by atoms with van der Waals surface area (Å²) in [7, 11) is 0. The zero-order valence-electron chi connectivity index (χ0n) is 15.8. The van der Waals surface area contributed by atoms with Crippen molar-refractivity contribution in [2.45, 2.75) is 25.9 Å². The Balaban J connectivity index is 1.66. The van der Waals surface area contributed by atoms with Crippen LogP contribution in [0.15, 0.2) is 66.1 Å². The number of nitrogens with one attached hydrogen (secondary N) is 1. The van der Waals surface area contributed by atoms with Gasteiger partial charge in [-0.2, -0.15) is 0 Å². The summed E-state index contributed by atoms with van der Waals surface area (Å²) < 4.78 is 41.7. The predicted octanol–water partition coefficient (Wildman–Crippen LogP) is 3.08. The quantitative estimate of drug-likeness (QED) is 0.665. The Morgan fingerprint density at radius 2 is 1.90 bits per heavy atom. The Bertz CT molecular complexity index is 1070. The molecule has 2 heterocycles. The van der Waals surface area contributed by atoms with Gasteiger partial charge in [-0.15, -0.1) is 13.2 Å². The van der Waals surface area contributed by atoms with E-state index in [-0.39, 0.29) is 12.3 Å². The highest BCUT2D eigenvalue weighted by Gasteiger charge is 2.31. The molecular weight excluding hydrogens is 401 g/mol. The maximum atomic E-state index is 12.6. The van der Waals surface area contributed by atoms with Crippen molar-refractivity contribution in [3.8, 4) is 16.9 Å². The van der Waals surface area contributed by atoms with Gasteiger partial charge in [0.25, 0.3) is 5.56 Å². The van der Waals surface area contributed by atoms with E-state index >= 15 is 0 Å². The number of nitrogens with zero attached hydrogens (tertiary/aromatic N) is 3. The molecule has 1 N–H and O–H groups in total. The molecule has 0 radical (unpaired) electrons. The van der Waals surface area contributed by atoms with Crippen molar-refractivity contribution >= 4 is 5.91 Å². The van der Waals surface area contributed by atoms with Crippen molar-refractivity contribution < 1.29 is 22.7 Å². The molecule has 0 aliphatic rings. The largest absolute Gasteiger partial charge is 0.573 e. The van der Waals surface area contributed by atoms with Gasteiger partial charge in [-0.05, 0) is 30.7 Å². The first-order valence-corrected chi connectivity index (χ1v) is 8.83. The number of pyridine rings is 1. The number of carbonyl (C=O) groups is 1. The molecule has 1 amide bonds. The lowest BCUT2D eigenvalue weighted by atomic mass is 10.1. The molecule has 0 spiro atoms. The van der Waals surface area contributed by atoms with Gasteiger partial charge in [0.15, 0.2) is 0 Å². The number of hydrogen-bond donors (Lipinski definition) is 1. The van der Waals surface area contributed by atoms with Crippen LogP contribution in [0.1, 0.15) is 18.5 Å². The molecule has 1 aromatic carbocycles. The molecule has 0 unspecified atom stereocenters. The van der Waals surface area contributed by atoms with E-state index in [9.17, 15) is 22.8 Å². The molecule has 2 aromatic heterocycles. The standard InChI is InChI=1S/C20H17F3N4O3/c1-13(14-4-6-16(7-5-14)30-20(21,22)23)26-18(28)11-27-12-25-10-17(19(27)29)15-3-2-8-24-9-15/h2-10,12-13H,11H2,1H3,(H,26,28)/t13-/m0/s1. The fraction of sp³-hybridized carbons (Fsp3) is 0.200. The Kier molecular flexibility index (Phi) is 6.14. The molecule has 0 saturated carbocycles. The fourth-order valence-electron chi connectivity index (χ4n) is 2.77. The van der Waals surface area contributed by atoms with Gasteiger partial charge in [-0.1, -0.05) is 18.2 Å². The summed E-state index contributed by atoms with van der Waals surface area (Å²) in [6.45, 7) is 1.41. The van der Waals surface area contributed by atoms with E-state index in [1.807, 2.05) is 0 Å². The maximum absolute atomic E-state index is 12.6. The molecule has 156 valence electrons. The minimum Gasteiger partial charge on any atom is -0.406 e. The Hall–Kier alpha value is -3.69. The summed E-state index contributed by atoms with van der Waals surface area (Å²) in [5.41, 5.74) is 1.08. The number of ether oxygens (including phenoxy) is 1. The molecule has 10 heteroatoms. The van der Waals surface area contributed by atoms with Crippen LogP contribution in [-0.4, -0.2) is 26.8 Å². The van der Waals surface area contributed by atoms with Crippen LogP contribution in [0.4, 0.5) is 13.2 Å². The second-order valence-electron chi connectivity index (χ2n) is 6.39. The monoisotopic (exact) mass is 418 g/mol. The lowest BCUT2D eigenvalue weighted by Crippen LogP contribution is -2.34. The van der Waals surface area contributed by atoms with E-state index in [4.69, 9.17) is 0 Å². The van der Waals surface area contributed by atoms with Gasteiger partial charge in [-0.3, -0.25) is 19.1 Å². The first kappa shape index (κ1) is 21.0. The predicted molar refractivity (Wildman–Crippen MR) is 101 cm³/mol. The summed E-state index contributed by atoms with van der Waals surface area (Å²) in [6.07, 6.45) is 0.996. The Labute approximate surface area is 169 Å². The average molecular weight is 418 g/mol. The number of hydrogen-bond acceptors (Lipinski definition) is 5.